The Morgan fingerprint density at radius 3 is 1.71 bits per heavy atom. The van der Waals surface area contributed by atoms with Crippen LogP contribution in [0.3, 0.4) is 0 Å². The summed E-state index contributed by atoms with van der Waals surface area (Å²) < 4.78 is 0. The Labute approximate surface area is 366 Å². The lowest BCUT2D eigenvalue weighted by Crippen LogP contribution is -2.99. The average Bonchev–Trinajstić information content (AvgIpc) is 3.75. The predicted octanol–water partition coefficient (Wildman–Crippen LogP) is -7.71. The number of hydrogen-bond donors (Lipinski definition) is 6. The molecule has 2 amide bonds. The first-order valence-electron chi connectivity index (χ1n) is 21.5. The lowest BCUT2D eigenvalue weighted by atomic mass is 9.55. The molecular formula is C45H60N6O12-2. The molecule has 344 valence electrons. The van der Waals surface area contributed by atoms with E-state index in [1.165, 1.54) is 0 Å². The molecule has 1 fully saturated rings. The third kappa shape index (κ3) is 8.56. The molecule has 8 bridgehead atoms. The lowest BCUT2D eigenvalue weighted by Gasteiger charge is -2.42. The molecule has 0 unspecified atom stereocenters. The van der Waals surface area contributed by atoms with Gasteiger partial charge in [0.1, 0.15) is 0 Å². The smallest absolute Gasteiger partial charge is 0.225 e. The number of allylic oxidation sites excluding steroid dienone is 6. The highest BCUT2D eigenvalue weighted by Crippen LogP contribution is 2.55. The van der Waals surface area contributed by atoms with Gasteiger partial charge in [-0.1, -0.05) is 13.8 Å². The molecule has 0 aliphatic carbocycles. The lowest BCUT2D eigenvalue weighted by molar-refractivity contribution is -0.647. The Balaban J connectivity index is 2.03. The SMILES string of the molecule is CC1=C2N/C(=C\C3=[NH+]C(=C(/C)C4=[NH+][C@H]([C@H](CC(=O)[O-])[C@@]4(C)CCC(=O)[O-])[C@]4(C)[NH+]=C1[C@@H](CCC(=O)[O-])[C@]4(C)CC(N)=O)/[C@@H](CCC(=O)[O-])C3(C)C)[C@@H](CCC(=O)[O-])[C@]2(C)CC(N)=O. The summed E-state index contributed by atoms with van der Waals surface area (Å²) in [6, 6.07) is -0.972. The Bertz CT molecular complexity index is 2220. The second kappa shape index (κ2) is 17.1. The second-order valence-corrected chi connectivity index (χ2v) is 19.7. The highest BCUT2D eigenvalue weighted by atomic mass is 16.4. The van der Waals surface area contributed by atoms with Crippen LogP contribution in [-0.4, -0.2) is 70.4 Å². The Morgan fingerprint density at radius 2 is 1.21 bits per heavy atom. The van der Waals surface area contributed by atoms with Crippen LogP contribution in [0.5, 0.6) is 0 Å². The van der Waals surface area contributed by atoms with E-state index in [0.717, 1.165) is 0 Å². The summed E-state index contributed by atoms with van der Waals surface area (Å²) in [6.45, 7) is 14.4. The molecule has 18 heteroatoms. The molecule has 63 heavy (non-hydrogen) atoms. The molecule has 5 heterocycles. The first-order valence-corrected chi connectivity index (χ1v) is 21.5. The van der Waals surface area contributed by atoms with Crippen molar-refractivity contribution in [3.8, 4) is 0 Å². The van der Waals surface area contributed by atoms with Gasteiger partial charge in [0.25, 0.3) is 0 Å². The van der Waals surface area contributed by atoms with Crippen LogP contribution in [-0.2, 0) is 33.6 Å². The van der Waals surface area contributed by atoms with Crippen LogP contribution in [0.15, 0.2) is 34.3 Å². The fourth-order valence-corrected chi connectivity index (χ4v) is 12.2. The monoisotopic (exact) mass is 876 g/mol. The van der Waals surface area contributed by atoms with Crippen molar-refractivity contribution in [3.63, 3.8) is 0 Å². The molecule has 0 saturated carbocycles. The van der Waals surface area contributed by atoms with Crippen molar-refractivity contribution in [2.24, 2.45) is 56.8 Å². The maximum atomic E-state index is 13.3. The normalized spacial score (nSPS) is 35.0. The standard InChI is InChI=1S/C45H62N6O12/c1-21-36-24(10-13-32(56)57)41(3,4)28(49-36)18-27-23(9-12-31(54)55)43(6,19-29(46)52)39(48-27)22(2)37-25(11-14-33(58)59)44(7,20-30(47)53)45(8,51-37)40-26(17-35(62)63)42(5,38(21)50-40)16-15-34(60)61/h18,23-26,40,48H,9-17,19-20H2,1-8H3,(H2,46,52)(H2,47,53)(H,54,55)(H,56,57)(H,58,59)(H,60,61)(H,62,63)/p-2/b27-18-,36-21-,39-22?/t23-,24-,25-,26+,40-,42-,43+,44+,45+/m1/s1. The van der Waals surface area contributed by atoms with Gasteiger partial charge in [0, 0.05) is 89.9 Å². The van der Waals surface area contributed by atoms with E-state index in [4.69, 9.17) is 11.5 Å². The minimum atomic E-state index is -1.44. The summed E-state index contributed by atoms with van der Waals surface area (Å²) in [5.41, 5.74) is 9.91. The summed E-state index contributed by atoms with van der Waals surface area (Å²) in [5, 5.41) is 65.0. The number of nitrogens with two attached hydrogens (primary N) is 2. The van der Waals surface area contributed by atoms with Crippen LogP contribution in [0.25, 0.3) is 0 Å². The third-order valence-corrected chi connectivity index (χ3v) is 15.7. The zero-order valence-corrected chi connectivity index (χ0v) is 37.3. The number of primary amides is 2. The molecule has 18 nitrogen and oxygen atoms in total. The van der Waals surface area contributed by atoms with Gasteiger partial charge in [0.05, 0.1) is 33.7 Å². The molecule has 0 aromatic carbocycles. The number of aliphatic carboxylic acids is 5. The van der Waals surface area contributed by atoms with Crippen molar-refractivity contribution >= 4 is 58.8 Å². The largest absolute Gasteiger partial charge is 0.550 e. The van der Waals surface area contributed by atoms with Crippen LogP contribution in [0, 0.1) is 45.3 Å². The van der Waals surface area contributed by atoms with Crippen LogP contribution < -0.4 is 57.3 Å². The Kier molecular flexibility index (Phi) is 13.1. The Hall–Kier alpha value is -5.68. The van der Waals surface area contributed by atoms with E-state index in [2.05, 4.69) is 20.3 Å². The molecule has 9 atom stereocenters. The summed E-state index contributed by atoms with van der Waals surface area (Å²) >= 11 is 0. The van der Waals surface area contributed by atoms with Gasteiger partial charge in [0.2, 0.25) is 23.4 Å². The molecule has 1 saturated heterocycles. The summed E-state index contributed by atoms with van der Waals surface area (Å²) in [5.74, 6) is -11.3. The van der Waals surface area contributed by atoms with Gasteiger partial charge >= 0.3 is 0 Å². The first kappa shape index (κ1) is 48.4. The van der Waals surface area contributed by atoms with Crippen LogP contribution >= 0.6 is 0 Å². The number of carbonyl (C=O) groups excluding carboxylic acids is 7. The fraction of sp³-hybridized carbons (Fsp3) is 0.644. The van der Waals surface area contributed by atoms with Gasteiger partial charge in [-0.15, -0.1) is 0 Å². The van der Waals surface area contributed by atoms with Gasteiger partial charge < -0.3 is 66.3 Å². The van der Waals surface area contributed by atoms with Crippen molar-refractivity contribution in [1.82, 2.24) is 5.32 Å². The van der Waals surface area contributed by atoms with Crippen molar-refractivity contribution in [2.75, 3.05) is 0 Å². The highest BCUT2D eigenvalue weighted by molar-refractivity contribution is 6.04. The molecule has 8 N–H and O–H groups in total. The number of carbonyl (C=O) groups is 7. The van der Waals surface area contributed by atoms with E-state index in [0.29, 0.717) is 45.4 Å². The zero-order chi connectivity index (χ0) is 47.4. The minimum absolute atomic E-state index is 0.00906. The number of amides is 2. The van der Waals surface area contributed by atoms with Crippen LogP contribution in [0.1, 0.15) is 126 Å². The molecule has 0 radical (unpaired) electrons. The molecule has 0 spiro atoms. The van der Waals surface area contributed by atoms with Crippen molar-refractivity contribution in [2.45, 2.75) is 138 Å². The van der Waals surface area contributed by atoms with Gasteiger partial charge in [-0.3, -0.25) is 9.59 Å². The van der Waals surface area contributed by atoms with Gasteiger partial charge in [-0.2, -0.15) is 0 Å². The van der Waals surface area contributed by atoms with E-state index in [-0.39, 0.29) is 44.9 Å². The maximum absolute atomic E-state index is 13.3. The number of carboxylic acid groups (broad SMARTS) is 5. The quantitative estimate of drug-likeness (QED) is 0.0747. The number of carboxylic acids is 5. The Morgan fingerprint density at radius 1 is 0.683 bits per heavy atom. The second-order valence-electron chi connectivity index (χ2n) is 19.7. The molecule has 0 aromatic heterocycles. The first-order chi connectivity index (χ1) is 29.0. The van der Waals surface area contributed by atoms with Crippen molar-refractivity contribution in [1.29, 1.82) is 0 Å². The predicted molar refractivity (Wildman–Crippen MR) is 213 cm³/mol. The molecule has 5 aliphatic rings. The van der Waals surface area contributed by atoms with E-state index in [1.54, 1.807) is 41.5 Å². The number of fused-ring (bicyclic) bond motifs is 6. The zero-order valence-electron chi connectivity index (χ0n) is 37.3. The average molecular weight is 877 g/mol. The van der Waals surface area contributed by atoms with E-state index in [9.17, 15) is 59.1 Å². The molecule has 5 aliphatic heterocycles. The summed E-state index contributed by atoms with van der Waals surface area (Å²) in [4.78, 5) is 98.7. The number of rotatable bonds is 18. The third-order valence-electron chi connectivity index (χ3n) is 15.7. The van der Waals surface area contributed by atoms with Gasteiger partial charge in [0.15, 0.2) is 22.8 Å². The summed E-state index contributed by atoms with van der Waals surface area (Å²) in [6.07, 6.45) is -1.21. The molecule has 0 aromatic rings. The number of hydrogen-bond acceptors (Lipinski definition) is 13. The van der Waals surface area contributed by atoms with E-state index in [1.807, 2.05) is 19.9 Å². The van der Waals surface area contributed by atoms with E-state index < -0.39 is 124 Å². The summed E-state index contributed by atoms with van der Waals surface area (Å²) in [7, 11) is 0. The van der Waals surface area contributed by atoms with Crippen molar-refractivity contribution in [3.05, 3.63) is 34.3 Å². The highest BCUT2D eigenvalue weighted by Gasteiger charge is 2.73. The van der Waals surface area contributed by atoms with E-state index >= 15 is 0 Å². The van der Waals surface area contributed by atoms with Crippen LogP contribution in [0.4, 0.5) is 0 Å². The molecular weight excluding hydrogens is 817 g/mol. The topological polar surface area (TPSA) is 341 Å². The fourth-order valence-electron chi connectivity index (χ4n) is 12.2. The minimum Gasteiger partial charge on any atom is -0.550 e. The maximum Gasteiger partial charge on any atom is 0.225 e. The molecule has 5 rings (SSSR count). The van der Waals surface area contributed by atoms with Gasteiger partial charge in [-0.25, -0.2) is 15.0 Å². The van der Waals surface area contributed by atoms with Crippen LogP contribution in [0.2, 0.25) is 0 Å². The van der Waals surface area contributed by atoms with Gasteiger partial charge in [-0.05, 0) is 92.4 Å². The van der Waals surface area contributed by atoms with Crippen molar-refractivity contribution < 1.29 is 74.1 Å². The number of nitrogens with one attached hydrogen (secondary N) is 4.